The van der Waals surface area contributed by atoms with Gasteiger partial charge in [-0.15, -0.1) is 24.2 Å². The number of anilines is 1. The molecule has 2 aromatic carbocycles. The predicted molar refractivity (Wildman–Crippen MR) is 131 cm³/mol. The number of thioether (sulfide) groups is 1. The molecule has 1 aliphatic heterocycles. The highest BCUT2D eigenvalue weighted by molar-refractivity contribution is 7.99. The molecule has 0 saturated carbocycles. The lowest BCUT2D eigenvalue weighted by Crippen LogP contribution is -2.45. The van der Waals surface area contributed by atoms with Gasteiger partial charge >= 0.3 is 5.97 Å². The van der Waals surface area contributed by atoms with Crippen LogP contribution in [0.4, 0.5) is 5.69 Å². The lowest BCUT2D eigenvalue weighted by molar-refractivity contribution is -0.152. The van der Waals surface area contributed by atoms with E-state index in [2.05, 4.69) is 11.8 Å². The number of likely N-dealkylation sites (N-methyl/N-ethyl adjacent to an activating group) is 1. The standard InChI is InChI=1S/C23H27ClN2O4S.ClH/c1-5-25(3)12-13-26-19-11-8-17(24)14-20(19)31-22(21(23(26)28)30-15(2)27)16-6-9-18(29-4)10-7-16;/h6-11,14,21-22H,5,12-13H2,1-4H3;1H/t21-,22+;/m1./s1. The molecule has 32 heavy (non-hydrogen) atoms. The van der Waals surface area contributed by atoms with E-state index in [1.54, 1.807) is 18.1 Å². The van der Waals surface area contributed by atoms with Crippen molar-refractivity contribution in [2.45, 2.75) is 30.1 Å². The zero-order valence-electron chi connectivity index (χ0n) is 18.5. The van der Waals surface area contributed by atoms with Crippen LogP contribution in [0.3, 0.4) is 0 Å². The van der Waals surface area contributed by atoms with Gasteiger partial charge in [0.25, 0.3) is 5.91 Å². The summed E-state index contributed by atoms with van der Waals surface area (Å²) in [6.45, 7) is 5.43. The number of rotatable bonds is 7. The molecule has 174 valence electrons. The van der Waals surface area contributed by atoms with Gasteiger partial charge in [-0.3, -0.25) is 9.59 Å². The lowest BCUT2D eigenvalue weighted by Gasteiger charge is -2.29. The normalized spacial score (nSPS) is 17.9. The quantitative estimate of drug-likeness (QED) is 0.509. The monoisotopic (exact) mass is 498 g/mol. The lowest BCUT2D eigenvalue weighted by atomic mass is 10.1. The smallest absolute Gasteiger partial charge is 0.303 e. The minimum atomic E-state index is -0.964. The summed E-state index contributed by atoms with van der Waals surface area (Å²) in [4.78, 5) is 30.3. The van der Waals surface area contributed by atoms with Crippen molar-refractivity contribution in [1.29, 1.82) is 0 Å². The molecule has 6 nitrogen and oxygen atoms in total. The van der Waals surface area contributed by atoms with Crippen LogP contribution in [0.1, 0.15) is 24.7 Å². The average molecular weight is 499 g/mol. The van der Waals surface area contributed by atoms with Crippen LogP contribution in [-0.4, -0.2) is 56.7 Å². The summed E-state index contributed by atoms with van der Waals surface area (Å²) in [5.74, 6) is -0.0217. The molecule has 0 fully saturated rings. The summed E-state index contributed by atoms with van der Waals surface area (Å²) in [6.07, 6.45) is -0.964. The molecule has 0 N–H and O–H groups in total. The van der Waals surface area contributed by atoms with Crippen LogP contribution in [-0.2, 0) is 14.3 Å². The second kappa shape index (κ2) is 11.8. The third-order valence-electron chi connectivity index (χ3n) is 5.23. The van der Waals surface area contributed by atoms with Crippen molar-refractivity contribution in [3.8, 4) is 5.75 Å². The number of carbonyl (C=O) groups excluding carboxylic acids is 2. The molecular weight excluding hydrogens is 471 g/mol. The third-order valence-corrected chi connectivity index (χ3v) is 6.82. The van der Waals surface area contributed by atoms with Gasteiger partial charge < -0.3 is 19.3 Å². The minimum Gasteiger partial charge on any atom is -0.497 e. The second-order valence-corrected chi connectivity index (χ2v) is 8.96. The Hall–Kier alpha value is -1.93. The molecule has 0 radical (unpaired) electrons. The molecule has 9 heteroatoms. The van der Waals surface area contributed by atoms with E-state index in [0.717, 1.165) is 22.7 Å². The van der Waals surface area contributed by atoms with E-state index in [1.165, 1.54) is 18.7 Å². The van der Waals surface area contributed by atoms with Crippen molar-refractivity contribution >= 4 is 53.3 Å². The molecule has 3 rings (SSSR count). The Kier molecular flexibility index (Phi) is 9.70. The third kappa shape index (κ3) is 6.10. The van der Waals surface area contributed by atoms with E-state index >= 15 is 0 Å². The first kappa shape index (κ1) is 26.3. The highest BCUT2D eigenvalue weighted by Crippen LogP contribution is 2.47. The summed E-state index contributed by atoms with van der Waals surface area (Å²) in [5, 5.41) is 0.164. The van der Waals surface area contributed by atoms with Crippen molar-refractivity contribution in [2.75, 3.05) is 38.7 Å². The van der Waals surface area contributed by atoms with Crippen LogP contribution in [0.2, 0.25) is 5.02 Å². The van der Waals surface area contributed by atoms with Gasteiger partial charge in [-0.05, 0) is 49.5 Å². The predicted octanol–water partition coefficient (Wildman–Crippen LogP) is 4.83. The van der Waals surface area contributed by atoms with Gasteiger partial charge in [-0.1, -0.05) is 30.7 Å². The van der Waals surface area contributed by atoms with E-state index in [0.29, 0.717) is 23.9 Å². The summed E-state index contributed by atoms with van der Waals surface area (Å²) < 4.78 is 10.9. The first-order chi connectivity index (χ1) is 14.8. The number of fused-ring (bicyclic) bond motifs is 1. The zero-order chi connectivity index (χ0) is 22.5. The molecule has 1 amide bonds. The van der Waals surface area contributed by atoms with Crippen molar-refractivity contribution in [3.63, 3.8) is 0 Å². The Balaban J connectivity index is 0.00000363. The first-order valence-corrected chi connectivity index (χ1v) is 11.4. The molecule has 0 spiro atoms. The average Bonchev–Trinajstić information content (AvgIpc) is 2.86. The molecular formula is C23H28Cl2N2O4S. The summed E-state index contributed by atoms with van der Waals surface area (Å²) in [5.41, 5.74) is 1.64. The Labute approximate surface area is 204 Å². The van der Waals surface area contributed by atoms with Gasteiger partial charge in [0.1, 0.15) is 5.75 Å². The molecule has 2 aromatic rings. The van der Waals surface area contributed by atoms with E-state index < -0.39 is 17.3 Å². The number of esters is 1. The largest absolute Gasteiger partial charge is 0.497 e. The number of ether oxygens (including phenoxy) is 2. The minimum absolute atomic E-state index is 0. The fraction of sp³-hybridized carbons (Fsp3) is 0.391. The number of carbonyl (C=O) groups is 2. The maximum absolute atomic E-state index is 13.7. The van der Waals surface area contributed by atoms with Crippen LogP contribution in [0.25, 0.3) is 0 Å². The Morgan fingerprint density at radius 2 is 1.91 bits per heavy atom. The summed E-state index contributed by atoms with van der Waals surface area (Å²) in [6, 6.07) is 13.0. The Morgan fingerprint density at radius 3 is 2.50 bits per heavy atom. The Bertz CT molecular complexity index is 942. The molecule has 1 aliphatic rings. The van der Waals surface area contributed by atoms with Gasteiger partial charge in [0.2, 0.25) is 0 Å². The number of halogens is 2. The SMILES string of the molecule is CCN(C)CCN1C(=O)[C@H](OC(C)=O)[C@H](c2ccc(OC)cc2)Sc2cc(Cl)ccc21.Cl. The van der Waals surface area contributed by atoms with Gasteiger partial charge in [0.15, 0.2) is 6.10 Å². The maximum Gasteiger partial charge on any atom is 0.303 e. The fourth-order valence-corrected chi connectivity index (χ4v) is 4.99. The van der Waals surface area contributed by atoms with E-state index in [-0.39, 0.29) is 18.3 Å². The van der Waals surface area contributed by atoms with Gasteiger partial charge in [-0.2, -0.15) is 0 Å². The van der Waals surface area contributed by atoms with E-state index in [4.69, 9.17) is 21.1 Å². The molecule has 0 aromatic heterocycles. The van der Waals surface area contributed by atoms with E-state index in [9.17, 15) is 9.59 Å². The highest BCUT2D eigenvalue weighted by Gasteiger charge is 2.40. The summed E-state index contributed by atoms with van der Waals surface area (Å²) >= 11 is 7.77. The van der Waals surface area contributed by atoms with Crippen LogP contribution in [0, 0.1) is 0 Å². The van der Waals surface area contributed by atoms with Crippen LogP contribution >= 0.6 is 35.8 Å². The van der Waals surface area contributed by atoms with Gasteiger partial charge in [0, 0.05) is 29.9 Å². The number of benzene rings is 2. The van der Waals surface area contributed by atoms with Crippen LogP contribution in [0.5, 0.6) is 5.75 Å². The maximum atomic E-state index is 13.7. The topological polar surface area (TPSA) is 59.1 Å². The van der Waals surface area contributed by atoms with Gasteiger partial charge in [0.05, 0.1) is 18.0 Å². The number of nitrogens with zero attached hydrogens (tertiary/aromatic N) is 2. The first-order valence-electron chi connectivity index (χ1n) is 10.1. The number of hydrogen-bond donors (Lipinski definition) is 0. The van der Waals surface area contributed by atoms with Gasteiger partial charge in [-0.25, -0.2) is 0 Å². The molecule has 0 unspecified atom stereocenters. The van der Waals surface area contributed by atoms with Crippen LogP contribution in [0.15, 0.2) is 47.4 Å². The zero-order valence-corrected chi connectivity index (χ0v) is 20.9. The Morgan fingerprint density at radius 1 is 1.22 bits per heavy atom. The molecule has 0 bridgehead atoms. The molecule has 0 aliphatic carbocycles. The molecule has 0 saturated heterocycles. The summed E-state index contributed by atoms with van der Waals surface area (Å²) in [7, 11) is 3.60. The second-order valence-electron chi connectivity index (χ2n) is 7.34. The number of hydrogen-bond acceptors (Lipinski definition) is 6. The van der Waals surface area contributed by atoms with Crippen molar-refractivity contribution in [2.24, 2.45) is 0 Å². The highest BCUT2D eigenvalue weighted by atomic mass is 35.5. The van der Waals surface area contributed by atoms with Crippen molar-refractivity contribution < 1.29 is 19.1 Å². The van der Waals surface area contributed by atoms with Crippen molar-refractivity contribution in [1.82, 2.24) is 4.90 Å². The van der Waals surface area contributed by atoms with E-state index in [1.807, 2.05) is 43.4 Å². The molecule has 1 heterocycles. The number of amides is 1. The molecule has 2 atom stereocenters. The number of methoxy groups -OCH3 is 1. The van der Waals surface area contributed by atoms with Crippen LogP contribution < -0.4 is 9.64 Å². The fourth-order valence-electron chi connectivity index (χ4n) is 3.39. The van der Waals surface area contributed by atoms with Crippen molar-refractivity contribution in [3.05, 3.63) is 53.1 Å².